The predicted molar refractivity (Wildman–Crippen MR) is 70.1 cm³/mol. The molecule has 1 aromatic rings. The zero-order chi connectivity index (χ0) is 13.4. The Morgan fingerprint density at radius 1 is 1.67 bits per heavy atom. The van der Waals surface area contributed by atoms with Gasteiger partial charge in [-0.3, -0.25) is 4.79 Å². The van der Waals surface area contributed by atoms with E-state index in [1.54, 1.807) is 25.3 Å². The lowest BCUT2D eigenvalue weighted by Gasteiger charge is -2.10. The molecule has 0 N–H and O–H groups in total. The van der Waals surface area contributed by atoms with Crippen molar-refractivity contribution in [3.8, 4) is 6.07 Å². The first-order valence-electron chi connectivity index (χ1n) is 5.86. The van der Waals surface area contributed by atoms with Crippen LogP contribution in [-0.4, -0.2) is 22.8 Å². The molecule has 0 aliphatic carbocycles. The fraction of sp³-hybridized carbons (Fsp3) is 0.462. The summed E-state index contributed by atoms with van der Waals surface area (Å²) in [5, 5.41) is 9.11. The Hall–Kier alpha value is -1.54. The number of thioether (sulfide) groups is 1. The van der Waals surface area contributed by atoms with Crippen LogP contribution in [0.4, 0.5) is 0 Å². The molecule has 0 radical (unpaired) electrons. The molecule has 0 amide bonds. The van der Waals surface area contributed by atoms with Crippen LogP contribution in [0.5, 0.6) is 0 Å². The number of rotatable bonds is 6. The van der Waals surface area contributed by atoms with Crippen LogP contribution in [0.1, 0.15) is 32.3 Å². The van der Waals surface area contributed by atoms with E-state index in [1.807, 2.05) is 13.0 Å². The third-order valence-corrected chi connectivity index (χ3v) is 3.25. The topological polar surface area (TPSA) is 63.0 Å². The zero-order valence-corrected chi connectivity index (χ0v) is 11.4. The molecule has 18 heavy (non-hydrogen) atoms. The first kappa shape index (κ1) is 14.5. The van der Waals surface area contributed by atoms with E-state index in [1.165, 1.54) is 11.8 Å². The second kappa shape index (κ2) is 7.72. The highest BCUT2D eigenvalue weighted by Crippen LogP contribution is 2.22. The largest absolute Gasteiger partial charge is 0.465 e. The Morgan fingerprint density at radius 2 is 2.44 bits per heavy atom. The molecule has 5 heteroatoms. The minimum atomic E-state index is -0.316. The minimum Gasteiger partial charge on any atom is -0.465 e. The van der Waals surface area contributed by atoms with E-state index in [4.69, 9.17) is 10.00 Å². The van der Waals surface area contributed by atoms with E-state index in [0.29, 0.717) is 17.2 Å². The molecular weight excluding hydrogens is 248 g/mol. The molecule has 1 aromatic heterocycles. The van der Waals surface area contributed by atoms with Gasteiger partial charge in [0.25, 0.3) is 0 Å². The summed E-state index contributed by atoms with van der Waals surface area (Å²) >= 11 is 1.30. The highest BCUT2D eigenvalue weighted by Gasteiger charge is 2.16. The fourth-order valence-electron chi connectivity index (χ4n) is 1.21. The Kier molecular flexibility index (Phi) is 6.23. The van der Waals surface area contributed by atoms with Gasteiger partial charge < -0.3 is 4.74 Å². The third-order valence-electron chi connectivity index (χ3n) is 2.24. The summed E-state index contributed by atoms with van der Waals surface area (Å²) < 4.78 is 5.12. The minimum absolute atomic E-state index is 0.238. The van der Waals surface area contributed by atoms with E-state index >= 15 is 0 Å². The highest BCUT2D eigenvalue weighted by molar-refractivity contribution is 8.00. The first-order chi connectivity index (χ1) is 8.67. The summed E-state index contributed by atoms with van der Waals surface area (Å²) in [4.78, 5) is 15.8. The van der Waals surface area contributed by atoms with Crippen molar-refractivity contribution in [1.82, 2.24) is 4.98 Å². The van der Waals surface area contributed by atoms with Crippen LogP contribution in [0.3, 0.4) is 0 Å². The molecule has 0 saturated heterocycles. The van der Waals surface area contributed by atoms with Gasteiger partial charge in [-0.1, -0.05) is 25.1 Å². The highest BCUT2D eigenvalue weighted by atomic mass is 32.2. The Labute approximate surface area is 111 Å². The van der Waals surface area contributed by atoms with Crippen LogP contribution < -0.4 is 0 Å². The molecule has 0 saturated carbocycles. The number of ether oxygens (including phenoxy) is 1. The van der Waals surface area contributed by atoms with Crippen LogP contribution >= 0.6 is 11.8 Å². The van der Waals surface area contributed by atoms with Crippen LogP contribution in [0.25, 0.3) is 0 Å². The average Bonchev–Trinajstić information content (AvgIpc) is 2.39. The number of pyridine rings is 1. The van der Waals surface area contributed by atoms with Crippen molar-refractivity contribution in [3.05, 3.63) is 23.9 Å². The lowest BCUT2D eigenvalue weighted by atomic mass is 10.3. The SMILES string of the molecule is CCCCOC(=O)[C@H](C)Sc1cc(C#N)ccn1. The van der Waals surface area contributed by atoms with Gasteiger partial charge in [-0.15, -0.1) is 0 Å². The Bertz CT molecular complexity index is 443. The van der Waals surface area contributed by atoms with E-state index in [0.717, 1.165) is 12.8 Å². The zero-order valence-electron chi connectivity index (χ0n) is 10.5. The second-order valence-corrected chi connectivity index (χ2v) is 5.14. The standard InChI is InChI=1S/C13H16N2O2S/c1-3-4-7-17-13(16)10(2)18-12-8-11(9-14)5-6-15-12/h5-6,8,10H,3-4,7H2,1-2H3/t10-/m0/s1. The first-order valence-corrected chi connectivity index (χ1v) is 6.74. The van der Waals surface area contributed by atoms with Crippen molar-refractivity contribution in [3.63, 3.8) is 0 Å². The number of hydrogen-bond donors (Lipinski definition) is 0. The summed E-state index contributed by atoms with van der Waals surface area (Å²) in [7, 11) is 0. The molecule has 4 nitrogen and oxygen atoms in total. The number of esters is 1. The third kappa shape index (κ3) is 4.76. The quantitative estimate of drug-likeness (QED) is 0.449. The van der Waals surface area contributed by atoms with Gasteiger partial charge in [0.2, 0.25) is 0 Å². The van der Waals surface area contributed by atoms with E-state index in [2.05, 4.69) is 4.98 Å². The van der Waals surface area contributed by atoms with Gasteiger partial charge in [-0.2, -0.15) is 5.26 Å². The molecule has 0 aromatic carbocycles. The van der Waals surface area contributed by atoms with Crippen molar-refractivity contribution in [2.45, 2.75) is 37.0 Å². The molecule has 0 spiro atoms. The molecule has 0 aliphatic heterocycles. The Morgan fingerprint density at radius 3 is 3.11 bits per heavy atom. The summed E-state index contributed by atoms with van der Waals surface area (Å²) in [5.41, 5.74) is 0.541. The number of nitriles is 1. The van der Waals surface area contributed by atoms with Crippen LogP contribution in [0.2, 0.25) is 0 Å². The maximum absolute atomic E-state index is 11.6. The lowest BCUT2D eigenvalue weighted by molar-refractivity contribution is -0.142. The molecule has 0 bridgehead atoms. The molecular formula is C13H16N2O2S. The number of nitrogens with zero attached hydrogens (tertiary/aromatic N) is 2. The lowest BCUT2D eigenvalue weighted by Crippen LogP contribution is -2.17. The Balaban J connectivity index is 2.50. The second-order valence-electron chi connectivity index (χ2n) is 3.78. The van der Waals surface area contributed by atoms with Crippen molar-refractivity contribution in [2.24, 2.45) is 0 Å². The maximum Gasteiger partial charge on any atom is 0.319 e. The number of unbranched alkanes of at least 4 members (excludes halogenated alkanes) is 1. The predicted octanol–water partition coefficient (Wildman–Crippen LogP) is 2.78. The number of carbonyl (C=O) groups is 1. The molecule has 1 rings (SSSR count). The van der Waals surface area contributed by atoms with Gasteiger partial charge in [0, 0.05) is 6.20 Å². The van der Waals surface area contributed by atoms with Crippen molar-refractivity contribution in [2.75, 3.05) is 6.61 Å². The molecule has 0 fully saturated rings. The summed E-state index contributed by atoms with van der Waals surface area (Å²) in [6.07, 6.45) is 3.45. The monoisotopic (exact) mass is 264 g/mol. The van der Waals surface area contributed by atoms with Crippen molar-refractivity contribution < 1.29 is 9.53 Å². The molecule has 0 aliphatic rings. The number of hydrogen-bond acceptors (Lipinski definition) is 5. The molecule has 0 unspecified atom stereocenters. The normalized spacial score (nSPS) is 11.6. The van der Waals surface area contributed by atoms with Crippen LogP contribution in [0.15, 0.2) is 23.4 Å². The van der Waals surface area contributed by atoms with E-state index in [-0.39, 0.29) is 11.2 Å². The summed E-state index contributed by atoms with van der Waals surface area (Å²) in [6.45, 7) is 4.29. The molecule has 1 heterocycles. The number of carbonyl (C=O) groups excluding carboxylic acids is 1. The van der Waals surface area contributed by atoms with Gasteiger partial charge in [0.15, 0.2) is 0 Å². The maximum atomic E-state index is 11.6. The van der Waals surface area contributed by atoms with Gasteiger partial charge in [0.05, 0.1) is 23.3 Å². The summed E-state index contributed by atoms with van der Waals surface area (Å²) in [5.74, 6) is -0.238. The van der Waals surface area contributed by atoms with E-state index < -0.39 is 0 Å². The summed E-state index contributed by atoms with van der Waals surface area (Å²) in [6, 6.07) is 5.34. The molecule has 1 atom stereocenters. The van der Waals surface area contributed by atoms with Gasteiger partial charge in [-0.05, 0) is 25.5 Å². The number of aromatic nitrogens is 1. The van der Waals surface area contributed by atoms with Gasteiger partial charge >= 0.3 is 5.97 Å². The van der Waals surface area contributed by atoms with E-state index in [9.17, 15) is 4.79 Å². The molecule has 96 valence electrons. The van der Waals surface area contributed by atoms with Crippen molar-refractivity contribution >= 4 is 17.7 Å². The fourth-order valence-corrected chi connectivity index (χ4v) is 2.05. The van der Waals surface area contributed by atoms with Crippen molar-refractivity contribution in [1.29, 1.82) is 5.26 Å². The average molecular weight is 264 g/mol. The van der Waals surface area contributed by atoms with Gasteiger partial charge in [0.1, 0.15) is 5.25 Å². The van der Waals surface area contributed by atoms with Crippen LogP contribution in [0, 0.1) is 11.3 Å². The van der Waals surface area contributed by atoms with Gasteiger partial charge in [-0.25, -0.2) is 4.98 Å². The smallest absolute Gasteiger partial charge is 0.319 e. The van der Waals surface area contributed by atoms with Crippen LogP contribution in [-0.2, 0) is 9.53 Å².